The zero-order chi connectivity index (χ0) is 22.2. The molecule has 3 aromatic heterocycles. The number of hydrogen-bond acceptors (Lipinski definition) is 9. The summed E-state index contributed by atoms with van der Waals surface area (Å²) in [6, 6.07) is 0. The summed E-state index contributed by atoms with van der Waals surface area (Å²) in [5.41, 5.74) is 7.61. The molecular weight excluding hydrogens is 414 g/mol. The Morgan fingerprint density at radius 2 is 1.94 bits per heavy atom. The Kier molecular flexibility index (Phi) is 5.80. The molecular formula is C21H29N7O4. The molecule has 1 aliphatic carbocycles. The first-order chi connectivity index (χ1) is 15.5. The largest absolute Gasteiger partial charge is 0.394 e. The van der Waals surface area contributed by atoms with E-state index < -0.39 is 31.1 Å². The molecule has 1 saturated carbocycles. The van der Waals surface area contributed by atoms with Gasteiger partial charge in [-0.2, -0.15) is 5.10 Å². The third-order valence-electron chi connectivity index (χ3n) is 6.62. The molecule has 0 radical (unpaired) electrons. The van der Waals surface area contributed by atoms with E-state index in [9.17, 15) is 15.3 Å². The van der Waals surface area contributed by atoms with Gasteiger partial charge in [0.05, 0.1) is 24.7 Å². The van der Waals surface area contributed by atoms with Crippen molar-refractivity contribution in [3.05, 3.63) is 18.7 Å². The van der Waals surface area contributed by atoms with E-state index in [-0.39, 0.29) is 5.82 Å². The van der Waals surface area contributed by atoms with Crippen molar-refractivity contribution in [2.45, 2.75) is 69.6 Å². The van der Waals surface area contributed by atoms with E-state index in [0.29, 0.717) is 17.0 Å². The summed E-state index contributed by atoms with van der Waals surface area (Å²) in [5.74, 6) is 1.36. The molecule has 0 amide bonds. The van der Waals surface area contributed by atoms with Crippen LogP contribution in [-0.2, 0) is 11.3 Å². The number of nitrogens with zero attached hydrogens (tertiary/aromatic N) is 6. The minimum absolute atomic E-state index is 0.199. The molecule has 0 aromatic carbocycles. The topological polar surface area (TPSA) is 157 Å². The van der Waals surface area contributed by atoms with Crippen LogP contribution in [0.25, 0.3) is 22.6 Å². The minimum Gasteiger partial charge on any atom is -0.394 e. The Hall–Kier alpha value is -2.60. The van der Waals surface area contributed by atoms with E-state index in [1.54, 1.807) is 6.20 Å². The summed E-state index contributed by atoms with van der Waals surface area (Å²) in [7, 11) is 0. The number of rotatable bonds is 6. The number of fused-ring (bicyclic) bond motifs is 1. The number of ether oxygens (including phenoxy) is 1. The Bertz CT molecular complexity index is 1080. The molecule has 2 unspecified atom stereocenters. The van der Waals surface area contributed by atoms with E-state index >= 15 is 0 Å². The number of hydrogen-bond donors (Lipinski definition) is 4. The van der Waals surface area contributed by atoms with Gasteiger partial charge in [-0.3, -0.25) is 9.25 Å². The summed E-state index contributed by atoms with van der Waals surface area (Å²) in [6.45, 7) is 0.437. The Morgan fingerprint density at radius 3 is 2.69 bits per heavy atom. The molecule has 0 bridgehead atoms. The smallest absolute Gasteiger partial charge is 0.168 e. The van der Waals surface area contributed by atoms with E-state index in [1.807, 2.05) is 10.9 Å². The van der Waals surface area contributed by atoms with Crippen molar-refractivity contribution in [1.29, 1.82) is 0 Å². The predicted molar refractivity (Wildman–Crippen MR) is 115 cm³/mol. The zero-order valence-electron chi connectivity index (χ0n) is 17.8. The average molecular weight is 444 g/mol. The summed E-state index contributed by atoms with van der Waals surface area (Å²) in [6.07, 6.45) is 8.47. The summed E-state index contributed by atoms with van der Waals surface area (Å²) in [5, 5.41) is 34.3. The predicted octanol–water partition coefficient (Wildman–Crippen LogP) is 0.854. The van der Waals surface area contributed by atoms with Crippen LogP contribution >= 0.6 is 0 Å². The number of aryl methyl sites for hydroxylation is 1. The number of aliphatic hydroxyl groups is 3. The van der Waals surface area contributed by atoms with Crippen molar-refractivity contribution < 1.29 is 20.1 Å². The third-order valence-corrected chi connectivity index (χ3v) is 6.62. The maximum atomic E-state index is 10.4. The van der Waals surface area contributed by atoms with E-state index in [1.165, 1.54) is 43.0 Å². The van der Waals surface area contributed by atoms with Gasteiger partial charge in [0.2, 0.25) is 0 Å². The van der Waals surface area contributed by atoms with Crippen molar-refractivity contribution in [1.82, 2.24) is 29.3 Å². The van der Waals surface area contributed by atoms with Crippen LogP contribution in [0.4, 0.5) is 5.82 Å². The fraction of sp³-hybridized carbons (Fsp3) is 0.619. The van der Waals surface area contributed by atoms with Gasteiger partial charge in [-0.15, -0.1) is 0 Å². The molecule has 3 aromatic rings. The molecule has 2 fully saturated rings. The molecule has 32 heavy (non-hydrogen) atoms. The van der Waals surface area contributed by atoms with Gasteiger partial charge < -0.3 is 25.8 Å². The van der Waals surface area contributed by atoms with Crippen LogP contribution < -0.4 is 5.73 Å². The molecule has 4 atom stereocenters. The van der Waals surface area contributed by atoms with Crippen LogP contribution in [0.5, 0.6) is 0 Å². The fourth-order valence-electron chi connectivity index (χ4n) is 4.76. The van der Waals surface area contributed by atoms with Crippen LogP contribution in [0.2, 0.25) is 0 Å². The highest BCUT2D eigenvalue weighted by molar-refractivity contribution is 5.83. The van der Waals surface area contributed by atoms with Gasteiger partial charge in [0.15, 0.2) is 23.5 Å². The lowest BCUT2D eigenvalue weighted by Crippen LogP contribution is -2.33. The Labute approximate surface area is 184 Å². The summed E-state index contributed by atoms with van der Waals surface area (Å²) in [4.78, 5) is 13.2. The van der Waals surface area contributed by atoms with Crippen LogP contribution in [0.3, 0.4) is 0 Å². The number of anilines is 1. The highest BCUT2D eigenvalue weighted by Gasteiger charge is 2.44. The van der Waals surface area contributed by atoms with E-state index in [4.69, 9.17) is 10.5 Å². The molecule has 5 N–H and O–H groups in total. The van der Waals surface area contributed by atoms with Crippen LogP contribution in [-0.4, -0.2) is 69.5 Å². The number of aliphatic hydroxyl groups excluding tert-OH is 3. The molecule has 5 rings (SSSR count). The quantitative estimate of drug-likeness (QED) is 0.433. The molecule has 0 spiro atoms. The second kappa shape index (κ2) is 8.74. The maximum Gasteiger partial charge on any atom is 0.168 e. The van der Waals surface area contributed by atoms with Crippen molar-refractivity contribution in [3.63, 3.8) is 0 Å². The van der Waals surface area contributed by atoms with Gasteiger partial charge in [-0.05, 0) is 12.3 Å². The Balaban J connectivity index is 1.40. The monoisotopic (exact) mass is 443 g/mol. The number of imidazole rings is 1. The van der Waals surface area contributed by atoms with Crippen LogP contribution in [0.1, 0.15) is 44.8 Å². The lowest BCUT2D eigenvalue weighted by molar-refractivity contribution is -0.0511. The van der Waals surface area contributed by atoms with Gasteiger partial charge in [0.1, 0.15) is 23.8 Å². The molecule has 2 aliphatic rings. The first kappa shape index (κ1) is 21.3. The van der Waals surface area contributed by atoms with Crippen LogP contribution in [0.15, 0.2) is 18.7 Å². The molecule has 11 heteroatoms. The number of nitrogen functional groups attached to an aromatic ring is 1. The van der Waals surface area contributed by atoms with Crippen molar-refractivity contribution in [2.75, 3.05) is 12.3 Å². The fourth-order valence-corrected chi connectivity index (χ4v) is 4.76. The van der Waals surface area contributed by atoms with Crippen LogP contribution in [0, 0.1) is 5.92 Å². The highest BCUT2D eigenvalue weighted by Crippen LogP contribution is 2.33. The number of nitrogens with two attached hydrogens (primary N) is 1. The lowest BCUT2D eigenvalue weighted by atomic mass is 9.87. The molecule has 172 valence electrons. The second-order valence-electron chi connectivity index (χ2n) is 8.77. The number of aromatic nitrogens is 6. The second-order valence-corrected chi connectivity index (χ2v) is 8.77. The first-order valence-corrected chi connectivity index (χ1v) is 11.2. The SMILES string of the molecule is Nc1nc(-c2cnn(CCC3CCCCC3)c2)nc2c1ncn2C1O[C@H](CO)C(O)[C@H]1O. The van der Waals surface area contributed by atoms with Gasteiger partial charge in [-0.25, -0.2) is 15.0 Å². The Morgan fingerprint density at radius 1 is 1.12 bits per heavy atom. The maximum absolute atomic E-state index is 10.4. The van der Waals surface area contributed by atoms with Crippen molar-refractivity contribution in [2.24, 2.45) is 5.92 Å². The van der Waals surface area contributed by atoms with Crippen molar-refractivity contribution in [3.8, 4) is 11.4 Å². The van der Waals surface area contributed by atoms with E-state index in [0.717, 1.165) is 24.4 Å². The normalized spacial score (nSPS) is 26.8. The minimum atomic E-state index is -1.24. The van der Waals surface area contributed by atoms with Crippen molar-refractivity contribution >= 4 is 17.0 Å². The zero-order valence-corrected chi connectivity index (χ0v) is 17.8. The molecule has 1 aliphatic heterocycles. The summed E-state index contributed by atoms with van der Waals surface area (Å²) < 4.78 is 9.04. The molecule has 1 saturated heterocycles. The van der Waals surface area contributed by atoms with Gasteiger partial charge in [-0.1, -0.05) is 32.1 Å². The molecule has 11 nitrogen and oxygen atoms in total. The van der Waals surface area contributed by atoms with Gasteiger partial charge in [0.25, 0.3) is 0 Å². The van der Waals surface area contributed by atoms with Gasteiger partial charge >= 0.3 is 0 Å². The first-order valence-electron chi connectivity index (χ1n) is 11.2. The molecule has 4 heterocycles. The third kappa shape index (κ3) is 3.85. The van der Waals surface area contributed by atoms with Gasteiger partial charge in [0, 0.05) is 12.7 Å². The highest BCUT2D eigenvalue weighted by atomic mass is 16.6. The lowest BCUT2D eigenvalue weighted by Gasteiger charge is -2.21. The van der Waals surface area contributed by atoms with E-state index in [2.05, 4.69) is 20.1 Å². The summed E-state index contributed by atoms with van der Waals surface area (Å²) >= 11 is 0. The average Bonchev–Trinajstić information content (AvgIpc) is 3.52. The standard InChI is InChI=1S/C21H29N7O4/c22-18-15-20(28(11-23-15)21-17(31)16(30)14(10-29)32-21)26-19(25-18)13-8-24-27(9-13)7-6-12-4-2-1-3-5-12/h8-9,11-12,14,16-17,21,29-31H,1-7,10H2,(H2,22,25,26)/t14-,16?,17-,21?/m1/s1.